The van der Waals surface area contributed by atoms with Gasteiger partial charge in [-0.1, -0.05) is 19.3 Å². The molecule has 23 heavy (non-hydrogen) atoms. The van der Waals surface area contributed by atoms with Crippen LogP contribution in [0.2, 0.25) is 0 Å². The van der Waals surface area contributed by atoms with Crippen LogP contribution in [0.4, 0.5) is 0 Å². The fourth-order valence-electron chi connectivity index (χ4n) is 4.04. The molecule has 1 aliphatic heterocycles. The summed E-state index contributed by atoms with van der Waals surface area (Å²) in [5.41, 5.74) is 0. The van der Waals surface area contributed by atoms with Crippen LogP contribution in [0.15, 0.2) is 0 Å². The molecule has 6 nitrogen and oxygen atoms in total. The van der Waals surface area contributed by atoms with Crippen LogP contribution in [0, 0.1) is 18.8 Å². The second kappa shape index (κ2) is 7.43. The number of rotatable bonds is 5. The first-order chi connectivity index (χ1) is 11.2. The second-order valence-corrected chi connectivity index (χ2v) is 7.11. The van der Waals surface area contributed by atoms with E-state index in [4.69, 9.17) is 4.74 Å². The molecule has 0 radical (unpaired) electrons. The van der Waals surface area contributed by atoms with Crippen LogP contribution in [0.5, 0.6) is 0 Å². The van der Waals surface area contributed by atoms with E-state index in [9.17, 15) is 4.79 Å². The maximum atomic E-state index is 12.7. The number of methoxy groups -OCH3 is 1. The van der Waals surface area contributed by atoms with E-state index in [1.54, 1.807) is 7.11 Å². The SMILES string of the molecule is COCC1CN(C(=O)CC2CCCCC2)CC1c1n[nH]c(C)n1. The van der Waals surface area contributed by atoms with E-state index in [1.807, 2.05) is 11.8 Å². The lowest BCUT2D eigenvalue weighted by atomic mass is 9.87. The molecule has 1 aromatic rings. The summed E-state index contributed by atoms with van der Waals surface area (Å²) in [5.74, 6) is 2.98. The van der Waals surface area contributed by atoms with Crippen LogP contribution in [-0.4, -0.2) is 52.8 Å². The third-order valence-electron chi connectivity index (χ3n) is 5.31. The molecule has 0 bridgehead atoms. The number of aryl methyl sites for hydroxylation is 1. The van der Waals surface area contributed by atoms with E-state index < -0.39 is 0 Å². The van der Waals surface area contributed by atoms with Crippen LogP contribution in [0.1, 0.15) is 56.1 Å². The smallest absolute Gasteiger partial charge is 0.222 e. The molecule has 1 aromatic heterocycles. The highest BCUT2D eigenvalue weighted by Crippen LogP contribution is 2.33. The first-order valence-corrected chi connectivity index (χ1v) is 8.83. The molecule has 0 aromatic carbocycles. The van der Waals surface area contributed by atoms with Crippen LogP contribution in [0.3, 0.4) is 0 Å². The standard InChI is InChI=1S/C17H28N4O2/c1-12-18-17(20-19-12)15-10-21(9-14(15)11-23-2)16(22)8-13-6-4-3-5-7-13/h13-15H,3-11H2,1-2H3,(H,18,19,20). The van der Waals surface area contributed by atoms with Crippen molar-refractivity contribution in [3.63, 3.8) is 0 Å². The van der Waals surface area contributed by atoms with Crippen molar-refractivity contribution in [2.24, 2.45) is 11.8 Å². The number of hydrogen-bond donors (Lipinski definition) is 1. The first kappa shape index (κ1) is 16.4. The Labute approximate surface area is 138 Å². The quantitative estimate of drug-likeness (QED) is 0.903. The molecule has 6 heteroatoms. The predicted octanol–water partition coefficient (Wildman–Crippen LogP) is 2.27. The monoisotopic (exact) mass is 320 g/mol. The van der Waals surface area contributed by atoms with Crippen molar-refractivity contribution in [2.75, 3.05) is 26.8 Å². The molecule has 2 atom stereocenters. The fourth-order valence-corrected chi connectivity index (χ4v) is 4.04. The number of aromatic amines is 1. The summed E-state index contributed by atoms with van der Waals surface area (Å²) in [6.45, 7) is 4.03. The number of aromatic nitrogens is 3. The van der Waals surface area contributed by atoms with Gasteiger partial charge in [-0.15, -0.1) is 0 Å². The van der Waals surface area contributed by atoms with Crippen LogP contribution in [-0.2, 0) is 9.53 Å². The minimum atomic E-state index is 0.176. The number of carbonyl (C=O) groups excluding carboxylic acids is 1. The molecule has 1 N–H and O–H groups in total. The lowest BCUT2D eigenvalue weighted by molar-refractivity contribution is -0.131. The van der Waals surface area contributed by atoms with Gasteiger partial charge in [0.2, 0.25) is 5.91 Å². The Balaban J connectivity index is 1.63. The van der Waals surface area contributed by atoms with Gasteiger partial charge >= 0.3 is 0 Å². The largest absolute Gasteiger partial charge is 0.384 e. The Morgan fingerprint density at radius 1 is 1.30 bits per heavy atom. The first-order valence-electron chi connectivity index (χ1n) is 8.83. The molecule has 1 amide bonds. The normalized spacial score (nSPS) is 25.9. The topological polar surface area (TPSA) is 71.1 Å². The molecule has 1 aliphatic carbocycles. The second-order valence-electron chi connectivity index (χ2n) is 7.11. The Bertz CT molecular complexity index is 524. The van der Waals surface area contributed by atoms with Gasteiger partial charge in [-0.3, -0.25) is 9.89 Å². The van der Waals surface area contributed by atoms with Gasteiger partial charge in [-0.05, 0) is 25.7 Å². The zero-order valence-electron chi connectivity index (χ0n) is 14.3. The van der Waals surface area contributed by atoms with Crippen LogP contribution >= 0.6 is 0 Å². The van der Waals surface area contributed by atoms with E-state index in [-0.39, 0.29) is 11.8 Å². The van der Waals surface area contributed by atoms with E-state index in [0.29, 0.717) is 24.9 Å². The van der Waals surface area contributed by atoms with Crippen LogP contribution < -0.4 is 0 Å². The van der Waals surface area contributed by atoms with Gasteiger partial charge < -0.3 is 9.64 Å². The molecule has 2 unspecified atom stereocenters. The third kappa shape index (κ3) is 3.91. The van der Waals surface area contributed by atoms with E-state index >= 15 is 0 Å². The maximum Gasteiger partial charge on any atom is 0.222 e. The number of ether oxygens (including phenoxy) is 1. The summed E-state index contributed by atoms with van der Waals surface area (Å²) in [7, 11) is 1.72. The summed E-state index contributed by atoms with van der Waals surface area (Å²) >= 11 is 0. The van der Waals surface area contributed by atoms with Gasteiger partial charge in [0.15, 0.2) is 5.82 Å². The van der Waals surface area contributed by atoms with E-state index in [0.717, 1.165) is 24.7 Å². The minimum Gasteiger partial charge on any atom is -0.384 e. The van der Waals surface area contributed by atoms with Gasteiger partial charge in [0, 0.05) is 38.5 Å². The molecule has 128 valence electrons. The summed E-state index contributed by atoms with van der Waals surface area (Å²) < 4.78 is 5.36. The number of hydrogen-bond acceptors (Lipinski definition) is 4. The lowest BCUT2D eigenvalue weighted by Crippen LogP contribution is -2.31. The van der Waals surface area contributed by atoms with Crippen molar-refractivity contribution in [3.8, 4) is 0 Å². The summed E-state index contributed by atoms with van der Waals surface area (Å²) in [4.78, 5) is 19.2. The minimum absolute atomic E-state index is 0.176. The van der Waals surface area contributed by atoms with Gasteiger partial charge in [-0.2, -0.15) is 5.10 Å². The van der Waals surface area contributed by atoms with Crippen molar-refractivity contribution < 1.29 is 9.53 Å². The lowest BCUT2D eigenvalue weighted by Gasteiger charge is -2.24. The molecule has 2 aliphatic rings. The van der Waals surface area contributed by atoms with Crippen molar-refractivity contribution in [2.45, 2.75) is 51.4 Å². The average Bonchev–Trinajstić information content (AvgIpc) is 3.15. The number of nitrogens with one attached hydrogen (secondary N) is 1. The number of H-pyrrole nitrogens is 1. The third-order valence-corrected chi connectivity index (χ3v) is 5.31. The molecule has 2 heterocycles. The Hall–Kier alpha value is -1.43. The van der Waals surface area contributed by atoms with Gasteiger partial charge in [0.05, 0.1) is 6.61 Å². The number of amides is 1. The van der Waals surface area contributed by atoms with Crippen LogP contribution in [0.25, 0.3) is 0 Å². The van der Waals surface area contributed by atoms with Crippen molar-refractivity contribution in [1.82, 2.24) is 20.1 Å². The molecule has 2 fully saturated rings. The van der Waals surface area contributed by atoms with Gasteiger partial charge in [-0.25, -0.2) is 4.98 Å². The average molecular weight is 320 g/mol. The van der Waals surface area contributed by atoms with Gasteiger partial charge in [0.25, 0.3) is 0 Å². The van der Waals surface area contributed by atoms with Crippen molar-refractivity contribution in [1.29, 1.82) is 0 Å². The Morgan fingerprint density at radius 2 is 2.09 bits per heavy atom. The Kier molecular flexibility index (Phi) is 5.30. The number of nitrogens with zero attached hydrogens (tertiary/aromatic N) is 3. The highest BCUT2D eigenvalue weighted by molar-refractivity contribution is 5.77. The molecular weight excluding hydrogens is 292 g/mol. The molecule has 1 saturated heterocycles. The zero-order valence-corrected chi connectivity index (χ0v) is 14.3. The van der Waals surface area contributed by atoms with Gasteiger partial charge in [0.1, 0.15) is 5.82 Å². The Morgan fingerprint density at radius 3 is 2.74 bits per heavy atom. The molecular formula is C17H28N4O2. The van der Waals surface area contributed by atoms with Crippen molar-refractivity contribution >= 4 is 5.91 Å². The maximum absolute atomic E-state index is 12.7. The zero-order chi connectivity index (χ0) is 16.2. The molecule has 1 saturated carbocycles. The fraction of sp³-hybridized carbons (Fsp3) is 0.824. The summed E-state index contributed by atoms with van der Waals surface area (Å²) in [6, 6.07) is 0. The van der Waals surface area contributed by atoms with E-state index in [2.05, 4.69) is 15.2 Å². The molecule has 3 rings (SSSR count). The van der Waals surface area contributed by atoms with E-state index in [1.165, 1.54) is 32.1 Å². The number of likely N-dealkylation sites (tertiary alicyclic amines) is 1. The molecule has 0 spiro atoms. The number of carbonyl (C=O) groups is 1. The summed E-state index contributed by atoms with van der Waals surface area (Å²) in [5, 5.41) is 7.22. The highest BCUT2D eigenvalue weighted by Gasteiger charge is 2.38. The summed E-state index contributed by atoms with van der Waals surface area (Å²) in [6.07, 6.45) is 7.03. The predicted molar refractivity (Wildman–Crippen MR) is 87.0 cm³/mol. The van der Waals surface area contributed by atoms with Crippen molar-refractivity contribution in [3.05, 3.63) is 11.6 Å². The highest BCUT2D eigenvalue weighted by atomic mass is 16.5.